The van der Waals surface area contributed by atoms with Crippen LogP contribution in [0.1, 0.15) is 12.5 Å². The SMILES string of the molecule is C=CCNC(N)=NCc1ccc(NC(C)=O)nc1. The van der Waals surface area contributed by atoms with Gasteiger partial charge in [0.15, 0.2) is 5.96 Å². The molecule has 6 heteroatoms. The number of nitrogens with one attached hydrogen (secondary N) is 2. The minimum Gasteiger partial charge on any atom is -0.370 e. The molecular weight excluding hydrogens is 230 g/mol. The number of pyridine rings is 1. The summed E-state index contributed by atoms with van der Waals surface area (Å²) < 4.78 is 0. The summed E-state index contributed by atoms with van der Waals surface area (Å²) in [6, 6.07) is 3.56. The zero-order valence-corrected chi connectivity index (χ0v) is 10.3. The average Bonchev–Trinajstić information content (AvgIpc) is 2.35. The third-order valence-electron chi connectivity index (χ3n) is 1.99. The van der Waals surface area contributed by atoms with Crippen molar-refractivity contribution >= 4 is 17.7 Å². The Morgan fingerprint density at radius 1 is 1.61 bits per heavy atom. The molecule has 0 unspecified atom stereocenters. The number of nitrogens with two attached hydrogens (primary N) is 1. The van der Waals surface area contributed by atoms with Gasteiger partial charge >= 0.3 is 0 Å². The Kier molecular flexibility index (Phi) is 5.37. The molecule has 96 valence electrons. The number of nitrogens with zero attached hydrogens (tertiary/aromatic N) is 2. The fraction of sp³-hybridized carbons (Fsp3) is 0.250. The number of hydrogen-bond acceptors (Lipinski definition) is 3. The highest BCUT2D eigenvalue weighted by Crippen LogP contribution is 2.05. The quantitative estimate of drug-likeness (QED) is 0.404. The van der Waals surface area contributed by atoms with Crippen molar-refractivity contribution in [3.05, 3.63) is 36.5 Å². The van der Waals surface area contributed by atoms with Gasteiger partial charge in [-0.2, -0.15) is 0 Å². The summed E-state index contributed by atoms with van der Waals surface area (Å²) in [5.74, 6) is 0.736. The molecule has 1 amide bonds. The normalized spacial score (nSPS) is 10.8. The lowest BCUT2D eigenvalue weighted by Gasteiger charge is -2.03. The monoisotopic (exact) mass is 247 g/mol. The van der Waals surface area contributed by atoms with E-state index in [-0.39, 0.29) is 5.91 Å². The number of aliphatic imine (C=N–C) groups is 1. The second-order valence-electron chi connectivity index (χ2n) is 3.60. The van der Waals surface area contributed by atoms with Crippen molar-refractivity contribution in [2.45, 2.75) is 13.5 Å². The highest BCUT2D eigenvalue weighted by Gasteiger charge is 1.97. The highest BCUT2D eigenvalue weighted by atomic mass is 16.1. The molecule has 0 saturated carbocycles. The van der Waals surface area contributed by atoms with Crippen molar-refractivity contribution in [3.8, 4) is 0 Å². The first kappa shape index (κ1) is 13.7. The zero-order chi connectivity index (χ0) is 13.4. The van der Waals surface area contributed by atoms with E-state index in [0.717, 1.165) is 5.56 Å². The maximum Gasteiger partial charge on any atom is 0.222 e. The summed E-state index contributed by atoms with van der Waals surface area (Å²) in [5, 5.41) is 5.46. The van der Waals surface area contributed by atoms with Crippen molar-refractivity contribution in [2.75, 3.05) is 11.9 Å². The Balaban J connectivity index is 2.53. The molecule has 0 saturated heterocycles. The molecule has 0 aromatic carbocycles. The Labute approximate surface area is 106 Å². The first-order valence-electron chi connectivity index (χ1n) is 5.49. The summed E-state index contributed by atoms with van der Waals surface area (Å²) >= 11 is 0. The molecule has 1 aromatic heterocycles. The van der Waals surface area contributed by atoms with Crippen molar-refractivity contribution in [1.29, 1.82) is 0 Å². The second-order valence-corrected chi connectivity index (χ2v) is 3.60. The number of carbonyl (C=O) groups excluding carboxylic acids is 1. The van der Waals surface area contributed by atoms with Gasteiger partial charge in [-0.1, -0.05) is 12.1 Å². The first-order chi connectivity index (χ1) is 8.61. The Hall–Kier alpha value is -2.37. The van der Waals surface area contributed by atoms with E-state index in [2.05, 4.69) is 27.2 Å². The lowest BCUT2D eigenvalue weighted by molar-refractivity contribution is -0.114. The molecule has 6 nitrogen and oxygen atoms in total. The maximum atomic E-state index is 10.8. The molecule has 0 aliphatic rings. The predicted molar refractivity (Wildman–Crippen MR) is 72.1 cm³/mol. The molecule has 0 spiro atoms. The lowest BCUT2D eigenvalue weighted by Crippen LogP contribution is -2.31. The maximum absolute atomic E-state index is 10.8. The van der Waals surface area contributed by atoms with Crippen molar-refractivity contribution < 1.29 is 4.79 Å². The van der Waals surface area contributed by atoms with Gasteiger partial charge in [-0.3, -0.25) is 4.79 Å². The molecule has 1 heterocycles. The van der Waals surface area contributed by atoms with Gasteiger partial charge in [-0.15, -0.1) is 6.58 Å². The number of rotatable bonds is 5. The van der Waals surface area contributed by atoms with Gasteiger partial charge in [0, 0.05) is 19.7 Å². The number of anilines is 1. The smallest absolute Gasteiger partial charge is 0.222 e. The van der Waals surface area contributed by atoms with Gasteiger partial charge < -0.3 is 16.4 Å². The minimum atomic E-state index is -0.147. The molecule has 1 aromatic rings. The van der Waals surface area contributed by atoms with E-state index in [1.54, 1.807) is 18.3 Å². The Bertz CT molecular complexity index is 438. The van der Waals surface area contributed by atoms with Crippen LogP contribution < -0.4 is 16.4 Å². The van der Waals surface area contributed by atoms with Gasteiger partial charge in [0.25, 0.3) is 0 Å². The van der Waals surface area contributed by atoms with E-state index in [9.17, 15) is 4.79 Å². The van der Waals surface area contributed by atoms with Gasteiger partial charge in [0.05, 0.1) is 6.54 Å². The molecule has 0 aliphatic carbocycles. The third kappa shape index (κ3) is 5.11. The predicted octanol–water partition coefficient (Wildman–Crippen LogP) is 0.630. The third-order valence-corrected chi connectivity index (χ3v) is 1.99. The summed E-state index contributed by atoms with van der Waals surface area (Å²) in [5.41, 5.74) is 6.53. The summed E-state index contributed by atoms with van der Waals surface area (Å²) in [6.45, 7) is 6.02. The molecular formula is C12H17N5O. The fourth-order valence-corrected chi connectivity index (χ4v) is 1.18. The summed E-state index contributed by atoms with van der Waals surface area (Å²) in [7, 11) is 0. The zero-order valence-electron chi connectivity index (χ0n) is 10.3. The molecule has 0 fully saturated rings. The average molecular weight is 247 g/mol. The molecule has 18 heavy (non-hydrogen) atoms. The summed E-state index contributed by atoms with van der Waals surface area (Å²) in [6.07, 6.45) is 3.35. The van der Waals surface area contributed by atoms with Crippen molar-refractivity contribution in [2.24, 2.45) is 10.7 Å². The van der Waals surface area contributed by atoms with Gasteiger partial charge in [0.2, 0.25) is 5.91 Å². The second kappa shape index (κ2) is 7.05. The largest absolute Gasteiger partial charge is 0.370 e. The van der Waals surface area contributed by atoms with Crippen LogP contribution in [0.15, 0.2) is 36.0 Å². The standard InChI is InChI=1S/C12H17N5O/c1-3-6-14-12(13)16-8-10-4-5-11(15-7-10)17-9(2)18/h3-5,7H,1,6,8H2,2H3,(H3,13,14,16)(H,15,17,18). The van der Waals surface area contributed by atoms with E-state index in [0.29, 0.717) is 24.9 Å². The minimum absolute atomic E-state index is 0.147. The van der Waals surface area contributed by atoms with E-state index >= 15 is 0 Å². The van der Waals surface area contributed by atoms with Crippen LogP contribution in [0.5, 0.6) is 0 Å². The lowest BCUT2D eigenvalue weighted by atomic mass is 10.3. The Morgan fingerprint density at radius 3 is 2.94 bits per heavy atom. The number of amides is 1. The molecule has 0 bridgehead atoms. The highest BCUT2D eigenvalue weighted by molar-refractivity contribution is 5.87. The van der Waals surface area contributed by atoms with Crippen LogP contribution in [0, 0.1) is 0 Å². The van der Waals surface area contributed by atoms with Crippen molar-refractivity contribution in [1.82, 2.24) is 10.3 Å². The van der Waals surface area contributed by atoms with E-state index in [1.807, 2.05) is 6.07 Å². The molecule has 1 rings (SSSR count). The number of aromatic nitrogens is 1. The van der Waals surface area contributed by atoms with E-state index in [4.69, 9.17) is 5.73 Å². The first-order valence-corrected chi connectivity index (χ1v) is 5.49. The van der Waals surface area contributed by atoms with Gasteiger partial charge in [-0.05, 0) is 11.6 Å². The van der Waals surface area contributed by atoms with Crippen LogP contribution in [-0.2, 0) is 11.3 Å². The number of guanidine groups is 1. The molecule has 4 N–H and O–H groups in total. The van der Waals surface area contributed by atoms with Gasteiger partial charge in [-0.25, -0.2) is 9.98 Å². The Morgan fingerprint density at radius 2 is 2.39 bits per heavy atom. The van der Waals surface area contributed by atoms with Crippen LogP contribution >= 0.6 is 0 Å². The fourth-order valence-electron chi connectivity index (χ4n) is 1.18. The van der Waals surface area contributed by atoms with Crippen LogP contribution in [0.2, 0.25) is 0 Å². The van der Waals surface area contributed by atoms with Crippen LogP contribution in [-0.4, -0.2) is 23.4 Å². The topological polar surface area (TPSA) is 92.4 Å². The van der Waals surface area contributed by atoms with Crippen molar-refractivity contribution in [3.63, 3.8) is 0 Å². The van der Waals surface area contributed by atoms with Gasteiger partial charge in [0.1, 0.15) is 5.82 Å². The number of hydrogen-bond donors (Lipinski definition) is 3. The van der Waals surface area contributed by atoms with Crippen LogP contribution in [0.4, 0.5) is 5.82 Å². The molecule has 0 radical (unpaired) electrons. The van der Waals surface area contributed by atoms with E-state index < -0.39 is 0 Å². The van der Waals surface area contributed by atoms with Crippen LogP contribution in [0.25, 0.3) is 0 Å². The molecule has 0 aliphatic heterocycles. The van der Waals surface area contributed by atoms with Crippen LogP contribution in [0.3, 0.4) is 0 Å². The molecule has 0 atom stereocenters. The number of carbonyl (C=O) groups is 1. The van der Waals surface area contributed by atoms with E-state index in [1.165, 1.54) is 6.92 Å². The summed E-state index contributed by atoms with van der Waals surface area (Å²) in [4.78, 5) is 19.0.